The van der Waals surface area contributed by atoms with Gasteiger partial charge in [-0.2, -0.15) is 0 Å². The van der Waals surface area contributed by atoms with E-state index in [4.69, 9.17) is 9.47 Å². The molecular formula is C13H16BrNO3. The number of halogens is 1. The molecule has 1 aliphatic rings. The Kier molecular flexibility index (Phi) is 4.11. The highest BCUT2D eigenvalue weighted by atomic mass is 79.9. The molecule has 1 N–H and O–H groups in total. The fraction of sp³-hybridized carbons (Fsp3) is 0.462. The van der Waals surface area contributed by atoms with E-state index in [2.05, 4.69) is 21.2 Å². The zero-order valence-electron chi connectivity index (χ0n) is 10.5. The molecule has 1 heterocycles. The van der Waals surface area contributed by atoms with Crippen molar-refractivity contribution in [2.45, 2.75) is 26.3 Å². The summed E-state index contributed by atoms with van der Waals surface area (Å²) in [5.74, 6) is 1.43. The summed E-state index contributed by atoms with van der Waals surface area (Å²) >= 11 is 3.50. The third-order valence-corrected chi connectivity index (χ3v) is 3.44. The van der Waals surface area contributed by atoms with Crippen molar-refractivity contribution in [3.05, 3.63) is 22.2 Å². The van der Waals surface area contributed by atoms with Crippen LogP contribution in [0.3, 0.4) is 0 Å². The Morgan fingerprint density at radius 2 is 1.94 bits per heavy atom. The fourth-order valence-corrected chi connectivity index (χ4v) is 2.58. The Bertz CT molecular complexity index is 462. The zero-order valence-corrected chi connectivity index (χ0v) is 12.0. The summed E-state index contributed by atoms with van der Waals surface area (Å²) < 4.78 is 12.2. The third kappa shape index (κ3) is 2.96. The smallest absolute Gasteiger partial charge is 0.217 e. The van der Waals surface area contributed by atoms with E-state index in [0.717, 1.165) is 28.0 Å². The Labute approximate surface area is 115 Å². The highest BCUT2D eigenvalue weighted by Gasteiger charge is 2.17. The third-order valence-electron chi connectivity index (χ3n) is 2.75. The number of amides is 1. The Morgan fingerprint density at radius 3 is 2.56 bits per heavy atom. The fourth-order valence-electron chi connectivity index (χ4n) is 1.91. The number of rotatable bonds is 2. The van der Waals surface area contributed by atoms with E-state index in [1.165, 1.54) is 6.92 Å². The average Bonchev–Trinajstić information content (AvgIpc) is 2.51. The summed E-state index contributed by atoms with van der Waals surface area (Å²) in [6.07, 6.45) is 0.878. The zero-order chi connectivity index (χ0) is 13.1. The van der Waals surface area contributed by atoms with Gasteiger partial charge in [-0.25, -0.2) is 0 Å². The highest BCUT2D eigenvalue weighted by Crippen LogP contribution is 2.37. The van der Waals surface area contributed by atoms with E-state index >= 15 is 0 Å². The van der Waals surface area contributed by atoms with Crippen LogP contribution in [-0.4, -0.2) is 19.1 Å². The maximum atomic E-state index is 11.1. The second kappa shape index (κ2) is 5.61. The SMILES string of the molecule is CC(=O)N[C@@H](C)c1cc2c(cc1Br)OCCCO2. The number of hydrogen-bond donors (Lipinski definition) is 1. The van der Waals surface area contributed by atoms with Crippen molar-refractivity contribution in [2.75, 3.05) is 13.2 Å². The lowest BCUT2D eigenvalue weighted by Crippen LogP contribution is -2.23. The molecule has 1 aromatic carbocycles. The number of nitrogens with one attached hydrogen (secondary N) is 1. The van der Waals surface area contributed by atoms with Crippen molar-refractivity contribution < 1.29 is 14.3 Å². The first kappa shape index (κ1) is 13.2. The molecule has 4 nitrogen and oxygen atoms in total. The van der Waals surface area contributed by atoms with E-state index in [0.29, 0.717) is 13.2 Å². The molecule has 98 valence electrons. The van der Waals surface area contributed by atoms with Gasteiger partial charge in [0.25, 0.3) is 0 Å². The molecule has 0 aliphatic carbocycles. The predicted octanol–water partition coefficient (Wildman–Crippen LogP) is 2.81. The molecule has 0 unspecified atom stereocenters. The molecule has 1 aliphatic heterocycles. The van der Waals surface area contributed by atoms with Crippen molar-refractivity contribution in [1.82, 2.24) is 5.32 Å². The van der Waals surface area contributed by atoms with Crippen LogP contribution in [-0.2, 0) is 4.79 Å². The van der Waals surface area contributed by atoms with Gasteiger partial charge in [0.2, 0.25) is 5.91 Å². The Hall–Kier alpha value is -1.23. The van der Waals surface area contributed by atoms with E-state index in [1.807, 2.05) is 19.1 Å². The summed E-state index contributed by atoms with van der Waals surface area (Å²) in [6, 6.07) is 3.74. The molecule has 2 rings (SSSR count). The predicted molar refractivity (Wildman–Crippen MR) is 72.0 cm³/mol. The summed E-state index contributed by atoms with van der Waals surface area (Å²) in [5.41, 5.74) is 0.981. The monoisotopic (exact) mass is 313 g/mol. The van der Waals surface area contributed by atoms with Crippen molar-refractivity contribution >= 4 is 21.8 Å². The van der Waals surface area contributed by atoms with Crippen LogP contribution in [0.15, 0.2) is 16.6 Å². The maximum Gasteiger partial charge on any atom is 0.217 e. The minimum atomic E-state index is -0.0750. The Morgan fingerprint density at radius 1 is 1.33 bits per heavy atom. The van der Waals surface area contributed by atoms with Crippen LogP contribution in [0, 0.1) is 0 Å². The van der Waals surface area contributed by atoms with E-state index in [9.17, 15) is 4.79 Å². The van der Waals surface area contributed by atoms with E-state index in [1.54, 1.807) is 0 Å². The van der Waals surface area contributed by atoms with Gasteiger partial charge in [-0.05, 0) is 24.6 Å². The van der Waals surface area contributed by atoms with Gasteiger partial charge in [0.15, 0.2) is 11.5 Å². The second-order valence-corrected chi connectivity index (χ2v) is 5.15. The van der Waals surface area contributed by atoms with Gasteiger partial charge in [0.05, 0.1) is 19.3 Å². The second-order valence-electron chi connectivity index (χ2n) is 4.29. The van der Waals surface area contributed by atoms with Gasteiger partial charge >= 0.3 is 0 Å². The van der Waals surface area contributed by atoms with Crippen LogP contribution < -0.4 is 14.8 Å². The number of carbonyl (C=O) groups is 1. The lowest BCUT2D eigenvalue weighted by Gasteiger charge is -2.17. The topological polar surface area (TPSA) is 47.6 Å². The van der Waals surface area contributed by atoms with Crippen molar-refractivity contribution in [2.24, 2.45) is 0 Å². The van der Waals surface area contributed by atoms with Crippen LogP contribution in [0.5, 0.6) is 11.5 Å². The highest BCUT2D eigenvalue weighted by molar-refractivity contribution is 9.10. The minimum Gasteiger partial charge on any atom is -0.490 e. The van der Waals surface area contributed by atoms with Crippen LogP contribution in [0.25, 0.3) is 0 Å². The van der Waals surface area contributed by atoms with Gasteiger partial charge in [0, 0.05) is 17.8 Å². The van der Waals surface area contributed by atoms with Gasteiger partial charge in [-0.3, -0.25) is 4.79 Å². The van der Waals surface area contributed by atoms with Crippen molar-refractivity contribution in [1.29, 1.82) is 0 Å². The van der Waals surface area contributed by atoms with Gasteiger partial charge < -0.3 is 14.8 Å². The molecule has 0 radical (unpaired) electrons. The standard InChI is InChI=1S/C13H16BrNO3/c1-8(15-9(2)16)10-6-12-13(7-11(10)14)18-5-3-4-17-12/h6-8H,3-5H2,1-2H3,(H,15,16)/t8-/m0/s1. The van der Waals surface area contributed by atoms with E-state index in [-0.39, 0.29) is 11.9 Å². The largest absolute Gasteiger partial charge is 0.490 e. The quantitative estimate of drug-likeness (QED) is 0.913. The van der Waals surface area contributed by atoms with Gasteiger partial charge in [-0.1, -0.05) is 15.9 Å². The summed E-state index contributed by atoms with van der Waals surface area (Å²) in [5, 5.41) is 2.86. The lowest BCUT2D eigenvalue weighted by molar-refractivity contribution is -0.119. The first-order valence-corrected chi connectivity index (χ1v) is 6.73. The first-order valence-electron chi connectivity index (χ1n) is 5.94. The number of ether oxygens (including phenoxy) is 2. The molecule has 0 saturated carbocycles. The van der Waals surface area contributed by atoms with E-state index < -0.39 is 0 Å². The number of benzene rings is 1. The summed E-state index contributed by atoms with van der Waals surface area (Å²) in [7, 11) is 0. The van der Waals surface area contributed by atoms with Crippen molar-refractivity contribution in [3.8, 4) is 11.5 Å². The normalized spacial score (nSPS) is 15.7. The van der Waals surface area contributed by atoms with Crippen LogP contribution in [0.4, 0.5) is 0 Å². The molecule has 0 aromatic heterocycles. The molecule has 1 aromatic rings. The summed E-state index contributed by atoms with van der Waals surface area (Å²) in [6.45, 7) is 4.77. The number of hydrogen-bond acceptors (Lipinski definition) is 3. The van der Waals surface area contributed by atoms with Crippen LogP contribution >= 0.6 is 15.9 Å². The van der Waals surface area contributed by atoms with Gasteiger partial charge in [0.1, 0.15) is 0 Å². The minimum absolute atomic E-state index is 0.0542. The van der Waals surface area contributed by atoms with Crippen LogP contribution in [0.1, 0.15) is 31.9 Å². The molecular weight excluding hydrogens is 298 g/mol. The number of fused-ring (bicyclic) bond motifs is 1. The lowest BCUT2D eigenvalue weighted by atomic mass is 10.1. The average molecular weight is 314 g/mol. The first-order chi connectivity index (χ1) is 8.58. The molecule has 1 atom stereocenters. The summed E-state index contributed by atoms with van der Waals surface area (Å²) in [4.78, 5) is 11.1. The van der Waals surface area contributed by atoms with Crippen LogP contribution in [0.2, 0.25) is 0 Å². The maximum absolute atomic E-state index is 11.1. The Balaban J connectivity index is 2.31. The molecule has 1 amide bonds. The molecule has 0 spiro atoms. The molecule has 0 saturated heterocycles. The van der Waals surface area contributed by atoms with Crippen molar-refractivity contribution in [3.63, 3.8) is 0 Å². The number of carbonyl (C=O) groups excluding carboxylic acids is 1. The molecule has 5 heteroatoms. The van der Waals surface area contributed by atoms with Gasteiger partial charge in [-0.15, -0.1) is 0 Å². The molecule has 18 heavy (non-hydrogen) atoms. The molecule has 0 bridgehead atoms. The molecule has 0 fully saturated rings.